The van der Waals surface area contributed by atoms with Gasteiger partial charge in [-0.25, -0.2) is 5.43 Å². The third kappa shape index (κ3) is 4.77. The Morgan fingerprint density at radius 1 is 1.43 bits per heavy atom. The van der Waals surface area contributed by atoms with Gasteiger partial charge in [0.2, 0.25) is 0 Å². The first kappa shape index (κ1) is 17.4. The number of furan rings is 1. The Balaban J connectivity index is 2.05. The minimum absolute atomic E-state index is 0.00652. The molecule has 0 atom stereocenters. The maximum Gasteiger partial charge on any atom is 0.303 e. The van der Waals surface area contributed by atoms with Gasteiger partial charge in [-0.15, -0.1) is 11.3 Å². The Morgan fingerprint density at radius 2 is 2.17 bits per heavy atom. The summed E-state index contributed by atoms with van der Waals surface area (Å²) in [6.07, 6.45) is 0.325. The zero-order valence-corrected chi connectivity index (χ0v) is 15.0. The number of hydrazone groups is 1. The van der Waals surface area contributed by atoms with Crippen molar-refractivity contribution in [1.29, 1.82) is 0 Å². The molecule has 2 aromatic heterocycles. The first-order valence-corrected chi connectivity index (χ1v) is 8.39. The predicted octanol–water partition coefficient (Wildman–Crippen LogP) is 3.58. The molecule has 23 heavy (non-hydrogen) atoms. The molecule has 2 heterocycles. The molecule has 0 radical (unpaired) electrons. The van der Waals surface area contributed by atoms with Crippen molar-refractivity contribution in [3.8, 4) is 0 Å². The van der Waals surface area contributed by atoms with Gasteiger partial charge in [0, 0.05) is 12.0 Å². The lowest BCUT2D eigenvalue weighted by Gasteiger charge is -2.00. The number of thiophene rings is 1. The number of carboxylic acid groups (broad SMARTS) is 1. The maximum atomic E-state index is 11.9. The van der Waals surface area contributed by atoms with E-state index in [4.69, 9.17) is 9.52 Å². The fourth-order valence-corrected chi connectivity index (χ4v) is 3.22. The molecular formula is C15H15BrN2O4S. The molecule has 0 saturated heterocycles. The van der Waals surface area contributed by atoms with Crippen LogP contribution in [0.2, 0.25) is 0 Å². The molecule has 0 unspecified atom stereocenters. The van der Waals surface area contributed by atoms with Crippen molar-refractivity contribution in [3.63, 3.8) is 0 Å². The number of carboxylic acids is 1. The second-order valence-electron chi connectivity index (χ2n) is 4.82. The largest absolute Gasteiger partial charge is 0.481 e. The Labute approximate surface area is 145 Å². The predicted molar refractivity (Wildman–Crippen MR) is 91.1 cm³/mol. The van der Waals surface area contributed by atoms with Crippen LogP contribution in [0.4, 0.5) is 0 Å². The number of hydrogen-bond donors (Lipinski definition) is 2. The minimum Gasteiger partial charge on any atom is -0.481 e. The van der Waals surface area contributed by atoms with Crippen LogP contribution in [-0.4, -0.2) is 22.7 Å². The van der Waals surface area contributed by atoms with Crippen molar-refractivity contribution in [1.82, 2.24) is 5.43 Å². The molecule has 0 fully saturated rings. The van der Waals surface area contributed by atoms with E-state index in [1.165, 1.54) is 11.3 Å². The first-order chi connectivity index (χ1) is 10.9. The number of rotatable bonds is 6. The van der Waals surface area contributed by atoms with E-state index in [1.54, 1.807) is 32.0 Å². The Kier molecular flexibility index (Phi) is 5.73. The van der Waals surface area contributed by atoms with E-state index in [-0.39, 0.29) is 12.3 Å². The number of amides is 1. The van der Waals surface area contributed by atoms with Crippen molar-refractivity contribution in [2.45, 2.75) is 26.7 Å². The highest BCUT2D eigenvalue weighted by Gasteiger charge is 2.12. The molecule has 0 spiro atoms. The molecule has 122 valence electrons. The lowest BCUT2D eigenvalue weighted by Crippen LogP contribution is -2.18. The standard InChI is InChI=1S/C15H15BrN2O4S/c1-8(17-18-15(21)12-4-5-13(16)23-12)11-7-10(22-9(11)2)3-6-14(19)20/h4-5,7H,3,6H2,1-2H3,(H,18,21)(H,19,20)/b17-8-. The van der Waals surface area contributed by atoms with E-state index >= 15 is 0 Å². The molecule has 1 amide bonds. The number of aliphatic carboxylic acids is 1. The van der Waals surface area contributed by atoms with Crippen LogP contribution in [0.3, 0.4) is 0 Å². The van der Waals surface area contributed by atoms with Crippen LogP contribution in [0.5, 0.6) is 0 Å². The van der Waals surface area contributed by atoms with Crippen LogP contribution in [-0.2, 0) is 11.2 Å². The second-order valence-corrected chi connectivity index (χ2v) is 7.28. The molecule has 2 N–H and O–H groups in total. The number of halogens is 1. The van der Waals surface area contributed by atoms with Gasteiger partial charge < -0.3 is 9.52 Å². The van der Waals surface area contributed by atoms with Crippen molar-refractivity contribution in [2.24, 2.45) is 5.10 Å². The monoisotopic (exact) mass is 398 g/mol. The highest BCUT2D eigenvalue weighted by Crippen LogP contribution is 2.22. The summed E-state index contributed by atoms with van der Waals surface area (Å²) in [5.41, 5.74) is 3.84. The normalized spacial score (nSPS) is 11.5. The van der Waals surface area contributed by atoms with Gasteiger partial charge in [-0.05, 0) is 48.0 Å². The summed E-state index contributed by atoms with van der Waals surface area (Å²) >= 11 is 4.62. The lowest BCUT2D eigenvalue weighted by atomic mass is 10.1. The number of hydrogen-bond acceptors (Lipinski definition) is 5. The van der Waals surface area contributed by atoms with E-state index in [0.29, 0.717) is 28.5 Å². The average molecular weight is 399 g/mol. The van der Waals surface area contributed by atoms with E-state index in [9.17, 15) is 9.59 Å². The van der Waals surface area contributed by atoms with Crippen LogP contribution < -0.4 is 5.43 Å². The Hall–Kier alpha value is -1.93. The highest BCUT2D eigenvalue weighted by atomic mass is 79.9. The Morgan fingerprint density at radius 3 is 2.78 bits per heavy atom. The summed E-state index contributed by atoms with van der Waals surface area (Å²) in [7, 11) is 0. The van der Waals surface area contributed by atoms with E-state index in [1.807, 2.05) is 0 Å². The Bertz CT molecular complexity index is 763. The molecule has 6 nitrogen and oxygen atoms in total. The van der Waals surface area contributed by atoms with Gasteiger partial charge in [0.05, 0.1) is 20.8 Å². The summed E-state index contributed by atoms with van der Waals surface area (Å²) in [5, 5.41) is 12.8. The molecule has 0 aliphatic rings. The third-order valence-corrected chi connectivity index (χ3v) is 4.69. The van der Waals surface area contributed by atoms with Crippen LogP contribution in [0, 0.1) is 6.92 Å². The smallest absolute Gasteiger partial charge is 0.303 e. The number of nitrogens with one attached hydrogen (secondary N) is 1. The van der Waals surface area contributed by atoms with Crippen LogP contribution in [0.15, 0.2) is 31.5 Å². The molecule has 0 bridgehead atoms. The molecular weight excluding hydrogens is 384 g/mol. The number of carbonyl (C=O) groups excluding carboxylic acids is 1. The molecule has 0 aliphatic heterocycles. The summed E-state index contributed by atoms with van der Waals surface area (Å²) in [6, 6.07) is 5.26. The first-order valence-electron chi connectivity index (χ1n) is 6.78. The summed E-state index contributed by atoms with van der Waals surface area (Å²) in [5.74, 6) is 0.0652. The minimum atomic E-state index is -0.875. The number of aryl methyl sites for hydroxylation is 2. The van der Waals surface area contributed by atoms with Crippen LogP contribution in [0.25, 0.3) is 0 Å². The topological polar surface area (TPSA) is 91.9 Å². The molecule has 8 heteroatoms. The zero-order valence-electron chi connectivity index (χ0n) is 12.6. The van der Waals surface area contributed by atoms with E-state index in [0.717, 1.165) is 9.35 Å². The fourth-order valence-electron chi connectivity index (χ4n) is 1.94. The number of carbonyl (C=O) groups is 2. The summed E-state index contributed by atoms with van der Waals surface area (Å²) < 4.78 is 6.39. The molecule has 2 rings (SSSR count). The van der Waals surface area contributed by atoms with Crippen LogP contribution >= 0.6 is 27.3 Å². The third-order valence-electron chi connectivity index (χ3n) is 3.07. The van der Waals surface area contributed by atoms with Gasteiger partial charge >= 0.3 is 5.97 Å². The fraction of sp³-hybridized carbons (Fsp3) is 0.267. The lowest BCUT2D eigenvalue weighted by molar-refractivity contribution is -0.137. The number of nitrogens with zero attached hydrogens (tertiary/aromatic N) is 1. The van der Waals surface area contributed by atoms with Gasteiger partial charge in [-0.3, -0.25) is 9.59 Å². The average Bonchev–Trinajstić information content (AvgIpc) is 3.08. The van der Waals surface area contributed by atoms with Gasteiger partial charge in [0.1, 0.15) is 11.5 Å². The van der Waals surface area contributed by atoms with Gasteiger partial charge in [0.25, 0.3) is 5.91 Å². The van der Waals surface area contributed by atoms with Crippen molar-refractivity contribution >= 4 is 44.9 Å². The van der Waals surface area contributed by atoms with Crippen molar-refractivity contribution < 1.29 is 19.1 Å². The van der Waals surface area contributed by atoms with E-state index in [2.05, 4.69) is 26.5 Å². The maximum absolute atomic E-state index is 11.9. The van der Waals surface area contributed by atoms with Crippen LogP contribution in [0.1, 0.15) is 40.1 Å². The van der Waals surface area contributed by atoms with Crippen molar-refractivity contribution in [2.75, 3.05) is 0 Å². The molecule has 0 saturated carbocycles. The summed E-state index contributed by atoms with van der Waals surface area (Å²) in [4.78, 5) is 23.1. The van der Waals surface area contributed by atoms with Gasteiger partial charge in [0.15, 0.2) is 0 Å². The molecule has 0 aliphatic carbocycles. The van der Waals surface area contributed by atoms with Crippen molar-refractivity contribution in [3.05, 3.63) is 43.9 Å². The summed E-state index contributed by atoms with van der Waals surface area (Å²) in [6.45, 7) is 3.53. The quantitative estimate of drug-likeness (QED) is 0.574. The van der Waals surface area contributed by atoms with Gasteiger partial charge in [-0.1, -0.05) is 0 Å². The molecule has 2 aromatic rings. The molecule has 0 aromatic carbocycles. The van der Waals surface area contributed by atoms with E-state index < -0.39 is 5.97 Å². The zero-order chi connectivity index (χ0) is 17.0. The highest BCUT2D eigenvalue weighted by molar-refractivity contribution is 9.11. The SMILES string of the molecule is C/C(=N/NC(=O)c1ccc(Br)s1)c1cc(CCC(=O)O)oc1C. The van der Waals surface area contributed by atoms with Gasteiger partial charge in [-0.2, -0.15) is 5.10 Å². The second kappa shape index (κ2) is 7.56.